The van der Waals surface area contributed by atoms with E-state index in [0.717, 1.165) is 22.4 Å². The zero-order valence-corrected chi connectivity index (χ0v) is 10.5. The highest BCUT2D eigenvalue weighted by Gasteiger charge is 2.10. The molecule has 0 fully saturated rings. The summed E-state index contributed by atoms with van der Waals surface area (Å²) in [5, 5.41) is 0.540. The quantitative estimate of drug-likeness (QED) is 0.683. The van der Waals surface area contributed by atoms with Crippen molar-refractivity contribution < 1.29 is 0 Å². The van der Waals surface area contributed by atoms with Gasteiger partial charge < -0.3 is 10.3 Å². The highest BCUT2D eigenvalue weighted by atomic mass is 35.5. The van der Waals surface area contributed by atoms with E-state index < -0.39 is 0 Å². The van der Waals surface area contributed by atoms with Crippen LogP contribution in [0, 0.1) is 0 Å². The van der Waals surface area contributed by atoms with Gasteiger partial charge in [0.15, 0.2) is 0 Å². The van der Waals surface area contributed by atoms with Gasteiger partial charge in [-0.2, -0.15) is 0 Å². The van der Waals surface area contributed by atoms with E-state index in [1.165, 1.54) is 0 Å². The van der Waals surface area contributed by atoms with Crippen LogP contribution in [0.5, 0.6) is 0 Å². The molecule has 3 rings (SSSR count). The minimum absolute atomic E-state index is 0.540. The maximum atomic E-state index is 6.04. The first-order valence-corrected chi connectivity index (χ1v) is 5.86. The highest BCUT2D eigenvalue weighted by molar-refractivity contribution is 6.33. The zero-order valence-electron chi connectivity index (χ0n) is 9.76. The summed E-state index contributed by atoms with van der Waals surface area (Å²) < 4.78 is 2.01. The Kier molecular flexibility index (Phi) is 2.45. The number of halogens is 1. The van der Waals surface area contributed by atoms with E-state index in [1.54, 1.807) is 18.5 Å². The second kappa shape index (κ2) is 3.99. The van der Waals surface area contributed by atoms with E-state index in [9.17, 15) is 0 Å². The number of benzene rings is 1. The lowest BCUT2D eigenvalue weighted by Gasteiger charge is -2.04. The standard InChI is InChI=1S/C13H11ClN4/c1-18-12-4-5-16-7-11(12)17-13(18)8-2-3-10(15)9(14)6-8/h2-7H,15H2,1H3. The fourth-order valence-corrected chi connectivity index (χ4v) is 2.16. The van der Waals surface area contributed by atoms with Crippen molar-refractivity contribution in [3.05, 3.63) is 41.7 Å². The Morgan fingerprint density at radius 2 is 2.11 bits per heavy atom. The predicted octanol–water partition coefficient (Wildman–Crippen LogP) is 2.87. The third-order valence-corrected chi connectivity index (χ3v) is 3.27. The van der Waals surface area contributed by atoms with Crippen molar-refractivity contribution >= 4 is 28.3 Å². The summed E-state index contributed by atoms with van der Waals surface area (Å²) in [7, 11) is 1.97. The van der Waals surface area contributed by atoms with Crippen LogP contribution in [0.25, 0.3) is 22.4 Å². The first kappa shape index (κ1) is 11.0. The van der Waals surface area contributed by atoms with Crippen molar-refractivity contribution in [1.82, 2.24) is 14.5 Å². The lowest BCUT2D eigenvalue weighted by atomic mass is 10.2. The third-order valence-electron chi connectivity index (χ3n) is 2.94. The van der Waals surface area contributed by atoms with Gasteiger partial charge in [0.2, 0.25) is 0 Å². The highest BCUT2D eigenvalue weighted by Crippen LogP contribution is 2.28. The molecule has 0 aliphatic carbocycles. The average Bonchev–Trinajstić information content (AvgIpc) is 2.71. The van der Waals surface area contributed by atoms with Gasteiger partial charge in [0.05, 0.1) is 22.4 Å². The van der Waals surface area contributed by atoms with Gasteiger partial charge in [-0.3, -0.25) is 4.98 Å². The Morgan fingerprint density at radius 3 is 2.83 bits per heavy atom. The van der Waals surface area contributed by atoms with Crippen molar-refractivity contribution in [2.45, 2.75) is 0 Å². The molecule has 18 heavy (non-hydrogen) atoms. The number of aryl methyl sites for hydroxylation is 1. The number of nitrogens with zero attached hydrogens (tertiary/aromatic N) is 3. The van der Waals surface area contributed by atoms with Gasteiger partial charge in [0.1, 0.15) is 11.3 Å². The summed E-state index contributed by atoms with van der Waals surface area (Å²) in [5.41, 5.74) is 9.12. The van der Waals surface area contributed by atoms with E-state index in [2.05, 4.69) is 9.97 Å². The Hall–Kier alpha value is -2.07. The number of hydrogen-bond acceptors (Lipinski definition) is 3. The van der Waals surface area contributed by atoms with Crippen molar-refractivity contribution in [3.8, 4) is 11.4 Å². The molecule has 2 heterocycles. The van der Waals surface area contributed by atoms with Crippen LogP contribution in [-0.2, 0) is 7.05 Å². The summed E-state index contributed by atoms with van der Waals surface area (Å²) in [5.74, 6) is 0.847. The summed E-state index contributed by atoms with van der Waals surface area (Å²) in [4.78, 5) is 8.63. The lowest BCUT2D eigenvalue weighted by Crippen LogP contribution is -1.93. The number of aromatic nitrogens is 3. The topological polar surface area (TPSA) is 56.7 Å². The van der Waals surface area contributed by atoms with Crippen LogP contribution in [0.2, 0.25) is 5.02 Å². The number of hydrogen-bond donors (Lipinski definition) is 1. The number of fused-ring (bicyclic) bond motifs is 1. The molecular weight excluding hydrogens is 248 g/mol. The normalized spacial score (nSPS) is 11.0. The molecule has 0 aliphatic rings. The molecule has 3 aromatic rings. The molecule has 0 amide bonds. The molecular formula is C13H11ClN4. The Labute approximate surface area is 109 Å². The minimum Gasteiger partial charge on any atom is -0.398 e. The summed E-state index contributed by atoms with van der Waals surface area (Å²) in [6, 6.07) is 7.46. The Morgan fingerprint density at radius 1 is 1.28 bits per heavy atom. The lowest BCUT2D eigenvalue weighted by molar-refractivity contribution is 0.959. The molecule has 0 atom stereocenters. The largest absolute Gasteiger partial charge is 0.398 e. The number of nitrogens with two attached hydrogens (primary N) is 1. The van der Waals surface area contributed by atoms with Gasteiger partial charge >= 0.3 is 0 Å². The predicted molar refractivity (Wildman–Crippen MR) is 73.4 cm³/mol. The summed E-state index contributed by atoms with van der Waals surface area (Å²) >= 11 is 6.04. The molecule has 0 saturated heterocycles. The van der Waals surface area contributed by atoms with Crippen molar-refractivity contribution in [1.29, 1.82) is 0 Å². The number of pyridine rings is 1. The van der Waals surface area contributed by atoms with Gasteiger partial charge in [-0.1, -0.05) is 11.6 Å². The van der Waals surface area contributed by atoms with Crippen LogP contribution >= 0.6 is 11.6 Å². The van der Waals surface area contributed by atoms with E-state index in [1.807, 2.05) is 29.8 Å². The maximum Gasteiger partial charge on any atom is 0.140 e. The van der Waals surface area contributed by atoms with Gasteiger partial charge in [0, 0.05) is 18.8 Å². The van der Waals surface area contributed by atoms with Crippen LogP contribution in [0.3, 0.4) is 0 Å². The molecule has 0 spiro atoms. The van der Waals surface area contributed by atoms with Gasteiger partial charge in [-0.25, -0.2) is 4.98 Å². The second-order valence-electron chi connectivity index (χ2n) is 4.10. The van der Waals surface area contributed by atoms with E-state index in [4.69, 9.17) is 17.3 Å². The monoisotopic (exact) mass is 258 g/mol. The fourth-order valence-electron chi connectivity index (χ4n) is 1.98. The number of imidazole rings is 1. The molecule has 2 N–H and O–H groups in total. The van der Waals surface area contributed by atoms with E-state index >= 15 is 0 Å². The first-order valence-electron chi connectivity index (χ1n) is 5.48. The molecule has 5 heteroatoms. The molecule has 90 valence electrons. The van der Waals surface area contributed by atoms with Crippen LogP contribution in [-0.4, -0.2) is 14.5 Å². The molecule has 1 aromatic carbocycles. The molecule has 0 radical (unpaired) electrons. The first-order chi connectivity index (χ1) is 8.66. The van der Waals surface area contributed by atoms with Gasteiger partial charge in [0.25, 0.3) is 0 Å². The molecule has 0 saturated carbocycles. The van der Waals surface area contributed by atoms with Crippen LogP contribution in [0.1, 0.15) is 0 Å². The number of anilines is 1. The van der Waals surface area contributed by atoms with Gasteiger partial charge in [-0.05, 0) is 24.3 Å². The molecule has 4 nitrogen and oxygen atoms in total. The third kappa shape index (κ3) is 1.62. The average molecular weight is 259 g/mol. The van der Waals surface area contributed by atoms with E-state index in [0.29, 0.717) is 10.7 Å². The molecule has 0 unspecified atom stereocenters. The van der Waals surface area contributed by atoms with Crippen LogP contribution in [0.4, 0.5) is 5.69 Å². The van der Waals surface area contributed by atoms with Crippen molar-refractivity contribution in [2.24, 2.45) is 7.05 Å². The number of rotatable bonds is 1. The number of nitrogen functional groups attached to an aromatic ring is 1. The minimum atomic E-state index is 0.540. The molecule has 0 aliphatic heterocycles. The summed E-state index contributed by atoms with van der Waals surface area (Å²) in [6.07, 6.45) is 3.50. The second-order valence-corrected chi connectivity index (χ2v) is 4.50. The Bertz CT molecular complexity index is 733. The Balaban J connectivity index is 2.25. The smallest absolute Gasteiger partial charge is 0.140 e. The molecule has 2 aromatic heterocycles. The van der Waals surface area contributed by atoms with Crippen LogP contribution in [0.15, 0.2) is 36.7 Å². The summed E-state index contributed by atoms with van der Waals surface area (Å²) in [6.45, 7) is 0. The fraction of sp³-hybridized carbons (Fsp3) is 0.0769. The zero-order chi connectivity index (χ0) is 12.7. The molecule has 0 bridgehead atoms. The van der Waals surface area contributed by atoms with E-state index in [-0.39, 0.29) is 0 Å². The van der Waals surface area contributed by atoms with Crippen LogP contribution < -0.4 is 5.73 Å². The van der Waals surface area contributed by atoms with Crippen molar-refractivity contribution in [2.75, 3.05) is 5.73 Å². The maximum absolute atomic E-state index is 6.04. The van der Waals surface area contributed by atoms with Crippen molar-refractivity contribution in [3.63, 3.8) is 0 Å². The van der Waals surface area contributed by atoms with Gasteiger partial charge in [-0.15, -0.1) is 0 Å². The SMILES string of the molecule is Cn1c(-c2ccc(N)c(Cl)c2)nc2cnccc21.